The summed E-state index contributed by atoms with van der Waals surface area (Å²) in [6, 6.07) is 12.6. The summed E-state index contributed by atoms with van der Waals surface area (Å²) in [6.45, 7) is 3.03. The van der Waals surface area contributed by atoms with E-state index in [1.807, 2.05) is 6.07 Å². The molecule has 4 amide bonds. The molecule has 2 aromatic rings. The Morgan fingerprint density at radius 3 is 2.52 bits per heavy atom. The number of amides is 4. The van der Waals surface area contributed by atoms with Gasteiger partial charge in [0.05, 0.1) is 5.69 Å². The average Bonchev–Trinajstić information content (AvgIpc) is 2.90. The van der Waals surface area contributed by atoms with E-state index in [4.69, 9.17) is 0 Å². The fourth-order valence-electron chi connectivity index (χ4n) is 3.19. The van der Waals surface area contributed by atoms with Gasteiger partial charge in [0.15, 0.2) is 0 Å². The summed E-state index contributed by atoms with van der Waals surface area (Å²) in [4.78, 5) is 38.5. The molecule has 27 heavy (non-hydrogen) atoms. The zero-order valence-corrected chi connectivity index (χ0v) is 15.1. The smallest absolute Gasteiger partial charge is 0.322 e. The van der Waals surface area contributed by atoms with Gasteiger partial charge in [-0.3, -0.25) is 14.5 Å². The Kier molecular flexibility index (Phi) is 4.94. The standard InChI is InChI=1S/C20H20FN3O3/c1-3-20(14-7-5-4-6-8-14)18(26)24(19(27)23-20)12-17(25)22-16-10-9-13(2)11-15(16)21/h4-11H,3,12H2,1-2H3,(H,22,25)(H,23,27). The van der Waals surface area contributed by atoms with Crippen molar-refractivity contribution in [2.24, 2.45) is 0 Å². The van der Waals surface area contributed by atoms with E-state index in [-0.39, 0.29) is 5.69 Å². The summed E-state index contributed by atoms with van der Waals surface area (Å²) in [7, 11) is 0. The number of nitrogens with one attached hydrogen (secondary N) is 2. The zero-order valence-electron chi connectivity index (χ0n) is 15.1. The third-order valence-corrected chi connectivity index (χ3v) is 4.67. The molecule has 1 aliphatic heterocycles. The second-order valence-electron chi connectivity index (χ2n) is 6.48. The van der Waals surface area contributed by atoms with Gasteiger partial charge in [0.1, 0.15) is 17.9 Å². The van der Waals surface area contributed by atoms with E-state index in [0.29, 0.717) is 12.0 Å². The first-order valence-electron chi connectivity index (χ1n) is 8.63. The SMILES string of the molecule is CCC1(c2ccccc2)NC(=O)N(CC(=O)Nc2ccc(C)cc2F)C1=O. The average molecular weight is 369 g/mol. The Morgan fingerprint density at radius 2 is 1.89 bits per heavy atom. The topological polar surface area (TPSA) is 78.5 Å². The van der Waals surface area contributed by atoms with Gasteiger partial charge in [-0.05, 0) is 36.6 Å². The van der Waals surface area contributed by atoms with E-state index in [1.165, 1.54) is 12.1 Å². The van der Waals surface area contributed by atoms with Crippen LogP contribution in [0.25, 0.3) is 0 Å². The van der Waals surface area contributed by atoms with Crippen LogP contribution in [0.3, 0.4) is 0 Å². The molecule has 0 aromatic heterocycles. The highest BCUT2D eigenvalue weighted by atomic mass is 19.1. The molecule has 2 N–H and O–H groups in total. The van der Waals surface area contributed by atoms with Gasteiger partial charge >= 0.3 is 6.03 Å². The fraction of sp³-hybridized carbons (Fsp3) is 0.250. The maximum Gasteiger partial charge on any atom is 0.325 e. The fourth-order valence-corrected chi connectivity index (χ4v) is 3.19. The van der Waals surface area contributed by atoms with Crippen LogP contribution >= 0.6 is 0 Å². The first-order chi connectivity index (χ1) is 12.9. The Bertz CT molecular complexity index is 901. The minimum Gasteiger partial charge on any atom is -0.322 e. The molecule has 1 saturated heterocycles. The monoisotopic (exact) mass is 369 g/mol. The summed E-state index contributed by atoms with van der Waals surface area (Å²) in [5.41, 5.74) is 0.171. The van der Waals surface area contributed by atoms with Crippen molar-refractivity contribution in [3.8, 4) is 0 Å². The van der Waals surface area contributed by atoms with Crippen LogP contribution in [-0.4, -0.2) is 29.3 Å². The van der Waals surface area contributed by atoms with Crippen LogP contribution in [0.4, 0.5) is 14.9 Å². The van der Waals surface area contributed by atoms with Crippen molar-refractivity contribution in [3.63, 3.8) is 0 Å². The molecule has 1 aliphatic rings. The van der Waals surface area contributed by atoms with Crippen molar-refractivity contribution in [3.05, 3.63) is 65.5 Å². The highest BCUT2D eigenvalue weighted by Crippen LogP contribution is 2.32. The lowest BCUT2D eigenvalue weighted by Crippen LogP contribution is -2.44. The van der Waals surface area contributed by atoms with Crippen LogP contribution < -0.4 is 10.6 Å². The van der Waals surface area contributed by atoms with Crippen LogP contribution in [0.1, 0.15) is 24.5 Å². The highest BCUT2D eigenvalue weighted by molar-refractivity contribution is 6.10. The molecule has 1 heterocycles. The number of urea groups is 1. The lowest BCUT2D eigenvalue weighted by atomic mass is 9.87. The number of anilines is 1. The number of imide groups is 1. The van der Waals surface area contributed by atoms with Crippen LogP contribution in [-0.2, 0) is 15.1 Å². The minimum atomic E-state index is -1.20. The summed E-state index contributed by atoms with van der Waals surface area (Å²) in [6.07, 6.45) is 0.340. The van der Waals surface area contributed by atoms with Crippen molar-refractivity contribution in [2.45, 2.75) is 25.8 Å². The van der Waals surface area contributed by atoms with Crippen LogP contribution in [0.5, 0.6) is 0 Å². The minimum absolute atomic E-state index is 0.00229. The van der Waals surface area contributed by atoms with Gasteiger partial charge in [-0.15, -0.1) is 0 Å². The van der Waals surface area contributed by atoms with E-state index in [2.05, 4.69) is 10.6 Å². The van der Waals surface area contributed by atoms with Gasteiger partial charge in [0.2, 0.25) is 5.91 Å². The van der Waals surface area contributed by atoms with E-state index >= 15 is 0 Å². The van der Waals surface area contributed by atoms with Gasteiger partial charge in [-0.25, -0.2) is 9.18 Å². The molecule has 0 aliphatic carbocycles. The molecule has 1 fully saturated rings. The van der Waals surface area contributed by atoms with Gasteiger partial charge < -0.3 is 10.6 Å². The van der Waals surface area contributed by atoms with E-state index in [9.17, 15) is 18.8 Å². The predicted molar refractivity (Wildman–Crippen MR) is 98.4 cm³/mol. The maximum atomic E-state index is 13.9. The van der Waals surface area contributed by atoms with Crippen molar-refractivity contribution in [2.75, 3.05) is 11.9 Å². The van der Waals surface area contributed by atoms with E-state index in [1.54, 1.807) is 44.2 Å². The first kappa shape index (κ1) is 18.6. The lowest BCUT2D eigenvalue weighted by Gasteiger charge is -2.25. The molecule has 140 valence electrons. The number of nitrogens with zero attached hydrogens (tertiary/aromatic N) is 1. The molecule has 0 radical (unpaired) electrons. The first-order valence-corrected chi connectivity index (χ1v) is 8.63. The Balaban J connectivity index is 1.78. The molecule has 0 bridgehead atoms. The zero-order chi connectivity index (χ0) is 19.6. The molecular formula is C20H20FN3O3. The van der Waals surface area contributed by atoms with Crippen molar-refractivity contribution in [1.29, 1.82) is 0 Å². The number of hydrogen-bond donors (Lipinski definition) is 2. The van der Waals surface area contributed by atoms with Crippen LogP contribution in [0, 0.1) is 12.7 Å². The molecule has 1 atom stereocenters. The van der Waals surface area contributed by atoms with Gasteiger partial charge in [-0.2, -0.15) is 0 Å². The molecule has 7 heteroatoms. The number of aryl methyl sites for hydroxylation is 1. The molecule has 2 aromatic carbocycles. The summed E-state index contributed by atoms with van der Waals surface area (Å²) in [5.74, 6) is -1.73. The van der Waals surface area contributed by atoms with Gasteiger partial charge in [-0.1, -0.05) is 43.3 Å². The van der Waals surface area contributed by atoms with Crippen molar-refractivity contribution >= 4 is 23.5 Å². The van der Waals surface area contributed by atoms with Crippen molar-refractivity contribution in [1.82, 2.24) is 10.2 Å². The summed E-state index contributed by atoms with van der Waals surface area (Å²) < 4.78 is 13.9. The normalized spacial score (nSPS) is 19.1. The number of hydrogen-bond acceptors (Lipinski definition) is 3. The van der Waals surface area contributed by atoms with Gasteiger partial charge in [0.25, 0.3) is 5.91 Å². The Labute approximate surface area is 156 Å². The number of halogens is 1. The second-order valence-corrected chi connectivity index (χ2v) is 6.48. The number of carbonyl (C=O) groups excluding carboxylic acids is 3. The molecule has 0 spiro atoms. The molecule has 1 unspecified atom stereocenters. The largest absolute Gasteiger partial charge is 0.325 e. The number of benzene rings is 2. The maximum absolute atomic E-state index is 13.9. The number of rotatable bonds is 5. The molecule has 0 saturated carbocycles. The highest BCUT2D eigenvalue weighted by Gasteiger charge is 2.51. The molecule has 3 rings (SSSR count). The summed E-state index contributed by atoms with van der Waals surface area (Å²) in [5, 5.41) is 5.11. The van der Waals surface area contributed by atoms with Crippen LogP contribution in [0.2, 0.25) is 0 Å². The summed E-state index contributed by atoms with van der Waals surface area (Å²) >= 11 is 0. The van der Waals surface area contributed by atoms with Gasteiger partial charge in [0, 0.05) is 0 Å². The third kappa shape index (κ3) is 3.40. The van der Waals surface area contributed by atoms with Crippen LogP contribution in [0.15, 0.2) is 48.5 Å². The quantitative estimate of drug-likeness (QED) is 0.796. The predicted octanol–water partition coefficient (Wildman–Crippen LogP) is 2.93. The molecular weight excluding hydrogens is 349 g/mol. The number of carbonyl (C=O) groups is 3. The second kappa shape index (κ2) is 7.19. The lowest BCUT2D eigenvalue weighted by molar-refractivity contribution is -0.134. The third-order valence-electron chi connectivity index (χ3n) is 4.67. The van der Waals surface area contributed by atoms with Crippen molar-refractivity contribution < 1.29 is 18.8 Å². The Morgan fingerprint density at radius 1 is 1.19 bits per heavy atom. The van der Waals surface area contributed by atoms with E-state index in [0.717, 1.165) is 10.5 Å². The van der Waals surface area contributed by atoms with E-state index < -0.39 is 35.7 Å². The molecule has 6 nitrogen and oxygen atoms in total. The Hall–Kier alpha value is -3.22.